The van der Waals surface area contributed by atoms with Gasteiger partial charge in [0.2, 0.25) is 5.95 Å². The van der Waals surface area contributed by atoms with E-state index in [0.29, 0.717) is 25.3 Å². The first-order chi connectivity index (χ1) is 15.0. The molecule has 0 atom stereocenters. The molecule has 0 aliphatic carbocycles. The molecule has 5 nitrogen and oxygen atoms in total. The van der Waals surface area contributed by atoms with E-state index in [9.17, 15) is 0 Å². The predicted molar refractivity (Wildman–Crippen MR) is 129 cm³/mol. The molecule has 0 saturated carbocycles. The predicted octanol–water partition coefficient (Wildman–Crippen LogP) is 5.60. The maximum atomic E-state index is 7.33. The maximum absolute atomic E-state index is 7.33. The van der Waals surface area contributed by atoms with Gasteiger partial charge in [-0.15, -0.1) is 0 Å². The number of hydrogen-bond acceptors (Lipinski definition) is 3. The molecule has 1 aromatic heterocycles. The molecule has 1 heterocycles. The van der Waals surface area contributed by atoms with Crippen molar-refractivity contribution in [3.05, 3.63) is 88.3 Å². The Hall–Kier alpha value is -3.62. The van der Waals surface area contributed by atoms with E-state index < -0.39 is 0 Å². The van der Waals surface area contributed by atoms with Gasteiger partial charge < -0.3 is 15.6 Å². The Morgan fingerprint density at radius 3 is 2.58 bits per heavy atom. The highest BCUT2D eigenvalue weighted by atomic mass is 15.2. The third-order valence-corrected chi connectivity index (χ3v) is 5.79. The molecule has 0 bridgehead atoms. The minimum Gasteiger partial charge on any atom is -0.354 e. The average Bonchev–Trinajstić information content (AvgIpc) is 3.10. The smallest absolute Gasteiger partial charge is 0.204 e. The molecule has 31 heavy (non-hydrogen) atoms. The van der Waals surface area contributed by atoms with Crippen LogP contribution in [0.1, 0.15) is 22.3 Å². The van der Waals surface area contributed by atoms with E-state index in [1.54, 1.807) is 0 Å². The normalized spacial score (nSPS) is 10.9. The van der Waals surface area contributed by atoms with Gasteiger partial charge in [0, 0.05) is 25.2 Å². The van der Waals surface area contributed by atoms with Gasteiger partial charge in [-0.1, -0.05) is 48.5 Å². The number of benzene rings is 3. The van der Waals surface area contributed by atoms with Crippen LogP contribution in [0, 0.1) is 27.3 Å². The van der Waals surface area contributed by atoms with Gasteiger partial charge in [0.15, 0.2) is 5.69 Å². The number of hydrogen-bond donors (Lipinski definition) is 2. The van der Waals surface area contributed by atoms with Crippen LogP contribution in [0.25, 0.3) is 27.0 Å². The summed E-state index contributed by atoms with van der Waals surface area (Å²) >= 11 is 0. The third-order valence-electron chi connectivity index (χ3n) is 5.79. The van der Waals surface area contributed by atoms with Gasteiger partial charge in [0.05, 0.1) is 17.6 Å². The second kappa shape index (κ2) is 8.63. The van der Waals surface area contributed by atoms with E-state index >= 15 is 0 Å². The van der Waals surface area contributed by atoms with Crippen LogP contribution >= 0.6 is 0 Å². The van der Waals surface area contributed by atoms with Gasteiger partial charge in [-0.2, -0.15) is 0 Å². The fourth-order valence-corrected chi connectivity index (χ4v) is 4.05. The molecule has 0 radical (unpaired) electrons. The highest BCUT2D eigenvalue weighted by molar-refractivity contribution is 5.97. The molecule has 3 N–H and O–H groups in total. The largest absolute Gasteiger partial charge is 0.354 e. The van der Waals surface area contributed by atoms with Gasteiger partial charge in [-0.05, 0) is 54.7 Å². The molecule has 0 fully saturated rings. The Morgan fingerprint density at radius 2 is 1.84 bits per heavy atom. The van der Waals surface area contributed by atoms with E-state index in [0.717, 1.165) is 22.5 Å². The first-order valence-electron chi connectivity index (χ1n) is 10.5. The molecule has 0 aliphatic heterocycles. The van der Waals surface area contributed by atoms with Crippen molar-refractivity contribution in [1.82, 2.24) is 9.55 Å². The highest BCUT2D eigenvalue weighted by Gasteiger charge is 2.19. The molecule has 0 spiro atoms. The van der Waals surface area contributed by atoms with Crippen LogP contribution < -0.4 is 11.1 Å². The van der Waals surface area contributed by atoms with Crippen molar-refractivity contribution < 1.29 is 0 Å². The van der Waals surface area contributed by atoms with E-state index in [2.05, 4.69) is 71.9 Å². The summed E-state index contributed by atoms with van der Waals surface area (Å²) in [6, 6.07) is 18.4. The van der Waals surface area contributed by atoms with Crippen LogP contribution in [0.2, 0.25) is 0 Å². The summed E-state index contributed by atoms with van der Waals surface area (Å²) in [6.45, 7) is 15.6. The Morgan fingerprint density at radius 1 is 1.03 bits per heavy atom. The summed E-state index contributed by atoms with van der Waals surface area (Å²) in [5, 5.41) is 3.40. The van der Waals surface area contributed by atoms with Gasteiger partial charge in [0.25, 0.3) is 0 Å². The molecule has 3 aromatic carbocycles. The van der Waals surface area contributed by atoms with Crippen molar-refractivity contribution >= 4 is 22.7 Å². The van der Waals surface area contributed by atoms with Gasteiger partial charge in [0.1, 0.15) is 0 Å². The molecule has 4 aromatic rings. The van der Waals surface area contributed by atoms with E-state index in [1.165, 1.54) is 27.8 Å². The zero-order valence-corrected chi connectivity index (χ0v) is 18.2. The lowest BCUT2D eigenvalue weighted by Gasteiger charge is -2.14. The van der Waals surface area contributed by atoms with Crippen LogP contribution in [0.15, 0.2) is 54.6 Å². The van der Waals surface area contributed by atoms with Crippen LogP contribution in [0.3, 0.4) is 0 Å². The third kappa shape index (κ3) is 3.90. The van der Waals surface area contributed by atoms with E-state index in [1.807, 2.05) is 18.2 Å². The van der Waals surface area contributed by atoms with Crippen molar-refractivity contribution in [2.45, 2.75) is 27.3 Å². The Bertz CT molecular complexity index is 1290. The van der Waals surface area contributed by atoms with Crippen LogP contribution in [-0.4, -0.2) is 22.6 Å². The number of nitrogens with one attached hydrogen (secondary N) is 1. The molecular weight excluding hydrogens is 382 g/mol. The topological polar surface area (TPSA) is 60.2 Å². The first kappa shape index (κ1) is 20.6. The molecule has 156 valence electrons. The molecule has 0 saturated heterocycles. The van der Waals surface area contributed by atoms with Crippen LogP contribution in [-0.2, 0) is 6.54 Å². The SMILES string of the molecule is [C-]#[N+]c1cccc(Cn2c(NCCN)nc3c(-c4ccccc4C)c(C)c(C)cc32)c1. The van der Waals surface area contributed by atoms with Gasteiger partial charge in [-0.25, -0.2) is 9.83 Å². The number of aryl methyl sites for hydroxylation is 2. The molecule has 5 heteroatoms. The number of aromatic nitrogens is 2. The van der Waals surface area contributed by atoms with Gasteiger partial charge in [-0.3, -0.25) is 0 Å². The number of imidazole rings is 1. The second-order valence-corrected chi connectivity index (χ2v) is 7.89. The summed E-state index contributed by atoms with van der Waals surface area (Å²) < 4.78 is 2.20. The molecular formula is C26H27N5. The van der Waals surface area contributed by atoms with Crippen molar-refractivity contribution in [3.63, 3.8) is 0 Å². The molecule has 0 aliphatic rings. The zero-order valence-electron chi connectivity index (χ0n) is 18.2. The molecule has 4 rings (SSSR count). The lowest BCUT2D eigenvalue weighted by molar-refractivity contribution is 0.820. The van der Waals surface area contributed by atoms with Crippen LogP contribution in [0.4, 0.5) is 11.6 Å². The number of anilines is 1. The number of nitrogens with two attached hydrogens (primary N) is 1. The Balaban J connectivity index is 1.96. The number of rotatable bonds is 6. The van der Waals surface area contributed by atoms with Crippen molar-refractivity contribution in [2.75, 3.05) is 18.4 Å². The van der Waals surface area contributed by atoms with Crippen molar-refractivity contribution in [1.29, 1.82) is 0 Å². The number of fused-ring (bicyclic) bond motifs is 1. The standard InChI is InChI=1S/C26H27N5/c1-17-8-5-6-11-22(17)24-19(3)18(2)14-23-25(24)30-26(29-13-12-27)31(23)16-20-9-7-10-21(15-20)28-4/h5-11,14-15H,12-13,16,27H2,1-3H3,(H,29,30). The maximum Gasteiger partial charge on any atom is 0.204 e. The Labute approximate surface area is 183 Å². The molecule has 0 amide bonds. The van der Waals surface area contributed by atoms with Crippen LogP contribution in [0.5, 0.6) is 0 Å². The summed E-state index contributed by atoms with van der Waals surface area (Å²) in [4.78, 5) is 8.62. The molecule has 0 unspecified atom stereocenters. The highest BCUT2D eigenvalue weighted by Crippen LogP contribution is 2.37. The number of nitrogens with zero attached hydrogens (tertiary/aromatic N) is 3. The van der Waals surface area contributed by atoms with E-state index in [-0.39, 0.29) is 0 Å². The summed E-state index contributed by atoms with van der Waals surface area (Å²) in [5.41, 5.74) is 15.6. The monoisotopic (exact) mass is 409 g/mol. The average molecular weight is 410 g/mol. The lowest BCUT2D eigenvalue weighted by atomic mass is 9.92. The quantitative estimate of drug-likeness (QED) is 0.408. The summed E-state index contributed by atoms with van der Waals surface area (Å²) in [6.07, 6.45) is 0. The summed E-state index contributed by atoms with van der Waals surface area (Å²) in [5.74, 6) is 0.800. The fraction of sp³-hybridized carbons (Fsp3) is 0.231. The lowest BCUT2D eigenvalue weighted by Crippen LogP contribution is -2.16. The van der Waals surface area contributed by atoms with Crippen molar-refractivity contribution in [2.24, 2.45) is 5.73 Å². The van der Waals surface area contributed by atoms with E-state index in [4.69, 9.17) is 17.3 Å². The first-order valence-corrected chi connectivity index (χ1v) is 10.5. The minimum absolute atomic E-state index is 0.527. The summed E-state index contributed by atoms with van der Waals surface area (Å²) in [7, 11) is 0. The zero-order chi connectivity index (χ0) is 22.0. The van der Waals surface area contributed by atoms with Gasteiger partial charge >= 0.3 is 0 Å². The van der Waals surface area contributed by atoms with Crippen molar-refractivity contribution in [3.8, 4) is 11.1 Å². The second-order valence-electron chi connectivity index (χ2n) is 7.89. The Kier molecular flexibility index (Phi) is 5.75. The minimum atomic E-state index is 0.527. The fourth-order valence-electron chi connectivity index (χ4n) is 4.05.